The second kappa shape index (κ2) is 6.62. The molecule has 0 radical (unpaired) electrons. The van der Waals surface area contributed by atoms with E-state index in [0.29, 0.717) is 5.92 Å². The molecular formula is C16H24ClNO. The molecule has 0 aromatic heterocycles. The van der Waals surface area contributed by atoms with E-state index in [-0.39, 0.29) is 5.60 Å². The van der Waals surface area contributed by atoms with E-state index in [0.717, 1.165) is 43.1 Å². The monoisotopic (exact) mass is 281 g/mol. The highest BCUT2D eigenvalue weighted by Crippen LogP contribution is 2.39. The number of ether oxygens (including phenoxy) is 1. The van der Waals surface area contributed by atoms with Crippen LogP contribution in [0.5, 0.6) is 5.75 Å². The topological polar surface area (TPSA) is 21.3 Å². The predicted octanol–water partition coefficient (Wildman–Crippen LogP) is 4.28. The van der Waals surface area contributed by atoms with Crippen LogP contribution >= 0.6 is 11.6 Å². The fourth-order valence-electron chi connectivity index (χ4n) is 2.46. The molecule has 1 fully saturated rings. The zero-order valence-corrected chi connectivity index (χ0v) is 12.7. The van der Waals surface area contributed by atoms with E-state index in [1.54, 1.807) is 0 Å². The molecule has 0 amide bonds. The molecule has 0 atom stereocenters. The molecule has 0 heterocycles. The zero-order chi connectivity index (χ0) is 13.7. The van der Waals surface area contributed by atoms with Gasteiger partial charge in [0, 0.05) is 5.02 Å². The van der Waals surface area contributed by atoms with Crippen molar-refractivity contribution in [2.45, 2.75) is 45.1 Å². The number of nitrogens with one attached hydrogen (secondary N) is 1. The summed E-state index contributed by atoms with van der Waals surface area (Å²) < 4.78 is 6.20. The summed E-state index contributed by atoms with van der Waals surface area (Å²) in [6, 6.07) is 7.73. The van der Waals surface area contributed by atoms with Crippen molar-refractivity contribution in [2.75, 3.05) is 13.1 Å². The van der Waals surface area contributed by atoms with Crippen LogP contribution in [0, 0.1) is 5.92 Å². The van der Waals surface area contributed by atoms with Gasteiger partial charge in [-0.25, -0.2) is 0 Å². The van der Waals surface area contributed by atoms with E-state index in [2.05, 4.69) is 19.2 Å². The molecule has 2 rings (SSSR count). The normalized spacial score (nSPS) is 17.3. The lowest BCUT2D eigenvalue weighted by Gasteiger charge is -2.42. The Kier molecular flexibility index (Phi) is 5.12. The lowest BCUT2D eigenvalue weighted by atomic mass is 9.77. The van der Waals surface area contributed by atoms with Crippen LogP contribution in [-0.2, 0) is 0 Å². The van der Waals surface area contributed by atoms with Crippen LogP contribution in [0.1, 0.15) is 39.5 Å². The minimum atomic E-state index is 0.0364. The Morgan fingerprint density at radius 2 is 2.16 bits per heavy atom. The molecule has 1 aromatic carbocycles. The molecule has 1 aliphatic rings. The predicted molar refractivity (Wildman–Crippen MR) is 81.0 cm³/mol. The van der Waals surface area contributed by atoms with E-state index < -0.39 is 0 Å². The van der Waals surface area contributed by atoms with Crippen molar-refractivity contribution in [2.24, 2.45) is 5.92 Å². The fourth-order valence-corrected chi connectivity index (χ4v) is 2.64. The molecule has 3 heteroatoms. The standard InChI is InChI=1S/C16H24ClNO/c1-13(2)12-18-10-9-16(7-4-8-16)19-15-6-3-5-14(17)11-15/h3,5-6,11,13,18H,4,7-10,12H2,1-2H3. The minimum Gasteiger partial charge on any atom is -0.487 e. The second-order valence-electron chi connectivity index (χ2n) is 5.94. The molecule has 106 valence electrons. The van der Waals surface area contributed by atoms with Gasteiger partial charge in [0.1, 0.15) is 11.4 Å². The first-order valence-electron chi connectivity index (χ1n) is 7.25. The third kappa shape index (κ3) is 4.39. The summed E-state index contributed by atoms with van der Waals surface area (Å²) in [7, 11) is 0. The molecule has 0 unspecified atom stereocenters. The third-order valence-corrected chi connectivity index (χ3v) is 3.94. The van der Waals surface area contributed by atoms with Crippen LogP contribution in [0.2, 0.25) is 5.02 Å². The maximum atomic E-state index is 6.20. The molecular weight excluding hydrogens is 258 g/mol. The van der Waals surface area contributed by atoms with E-state index in [1.807, 2.05) is 24.3 Å². The first kappa shape index (κ1) is 14.7. The van der Waals surface area contributed by atoms with Crippen LogP contribution in [0.15, 0.2) is 24.3 Å². The SMILES string of the molecule is CC(C)CNCCC1(Oc2cccc(Cl)c2)CCC1. The van der Waals surface area contributed by atoms with Crippen LogP contribution in [0.4, 0.5) is 0 Å². The maximum absolute atomic E-state index is 6.20. The fraction of sp³-hybridized carbons (Fsp3) is 0.625. The Hall–Kier alpha value is -0.730. The summed E-state index contributed by atoms with van der Waals surface area (Å²) in [4.78, 5) is 0. The summed E-state index contributed by atoms with van der Waals surface area (Å²) in [5.41, 5.74) is 0.0364. The smallest absolute Gasteiger partial charge is 0.121 e. The van der Waals surface area contributed by atoms with Crippen LogP contribution in [0.3, 0.4) is 0 Å². The Labute approximate surface area is 121 Å². The number of hydrogen-bond acceptors (Lipinski definition) is 2. The van der Waals surface area contributed by atoms with Gasteiger partial charge in [0.2, 0.25) is 0 Å². The van der Waals surface area contributed by atoms with Crippen molar-refractivity contribution in [3.63, 3.8) is 0 Å². The Bertz CT molecular complexity index is 401. The van der Waals surface area contributed by atoms with Crippen molar-refractivity contribution in [3.8, 4) is 5.75 Å². The van der Waals surface area contributed by atoms with Crippen molar-refractivity contribution >= 4 is 11.6 Å². The summed E-state index contributed by atoms with van der Waals surface area (Å²) >= 11 is 6.00. The van der Waals surface area contributed by atoms with Crippen LogP contribution in [0.25, 0.3) is 0 Å². The summed E-state index contributed by atoms with van der Waals surface area (Å²) in [6.45, 7) is 6.56. The molecule has 0 saturated heterocycles. The van der Waals surface area contributed by atoms with E-state index >= 15 is 0 Å². The van der Waals surface area contributed by atoms with E-state index in [4.69, 9.17) is 16.3 Å². The number of halogens is 1. The largest absolute Gasteiger partial charge is 0.487 e. The van der Waals surface area contributed by atoms with Gasteiger partial charge in [-0.3, -0.25) is 0 Å². The van der Waals surface area contributed by atoms with Gasteiger partial charge in [-0.1, -0.05) is 31.5 Å². The number of rotatable bonds is 7. The van der Waals surface area contributed by atoms with Gasteiger partial charge < -0.3 is 10.1 Å². The lowest BCUT2D eigenvalue weighted by Crippen LogP contribution is -2.45. The molecule has 1 aliphatic carbocycles. The molecule has 1 N–H and O–H groups in total. The molecule has 2 nitrogen and oxygen atoms in total. The summed E-state index contributed by atoms with van der Waals surface area (Å²) in [5.74, 6) is 1.60. The second-order valence-corrected chi connectivity index (χ2v) is 6.38. The lowest BCUT2D eigenvalue weighted by molar-refractivity contribution is -0.0143. The highest BCUT2D eigenvalue weighted by atomic mass is 35.5. The molecule has 19 heavy (non-hydrogen) atoms. The van der Waals surface area contributed by atoms with Crippen LogP contribution in [-0.4, -0.2) is 18.7 Å². The zero-order valence-electron chi connectivity index (χ0n) is 11.9. The highest BCUT2D eigenvalue weighted by molar-refractivity contribution is 6.30. The first-order chi connectivity index (χ1) is 9.10. The Morgan fingerprint density at radius 1 is 1.37 bits per heavy atom. The number of benzene rings is 1. The van der Waals surface area contributed by atoms with Crippen molar-refractivity contribution in [1.82, 2.24) is 5.32 Å². The summed E-state index contributed by atoms with van der Waals surface area (Å²) in [6.07, 6.45) is 4.66. The van der Waals surface area contributed by atoms with Gasteiger partial charge in [0.15, 0.2) is 0 Å². The quantitative estimate of drug-likeness (QED) is 0.754. The van der Waals surface area contributed by atoms with Gasteiger partial charge >= 0.3 is 0 Å². The van der Waals surface area contributed by atoms with Crippen molar-refractivity contribution < 1.29 is 4.74 Å². The minimum absolute atomic E-state index is 0.0364. The highest BCUT2D eigenvalue weighted by Gasteiger charge is 2.38. The molecule has 0 spiro atoms. The van der Waals surface area contributed by atoms with Gasteiger partial charge in [-0.2, -0.15) is 0 Å². The van der Waals surface area contributed by atoms with Gasteiger partial charge in [0.05, 0.1) is 0 Å². The average molecular weight is 282 g/mol. The number of hydrogen-bond donors (Lipinski definition) is 1. The Morgan fingerprint density at radius 3 is 2.74 bits per heavy atom. The Balaban J connectivity index is 1.84. The van der Waals surface area contributed by atoms with E-state index in [1.165, 1.54) is 6.42 Å². The van der Waals surface area contributed by atoms with Gasteiger partial charge in [0.25, 0.3) is 0 Å². The average Bonchev–Trinajstić information content (AvgIpc) is 2.31. The third-order valence-electron chi connectivity index (χ3n) is 3.71. The van der Waals surface area contributed by atoms with Gasteiger partial charge in [-0.15, -0.1) is 0 Å². The molecule has 0 aliphatic heterocycles. The van der Waals surface area contributed by atoms with Crippen LogP contribution < -0.4 is 10.1 Å². The first-order valence-corrected chi connectivity index (χ1v) is 7.63. The van der Waals surface area contributed by atoms with Crippen molar-refractivity contribution in [3.05, 3.63) is 29.3 Å². The molecule has 1 aromatic rings. The molecule has 1 saturated carbocycles. The maximum Gasteiger partial charge on any atom is 0.121 e. The van der Waals surface area contributed by atoms with Gasteiger partial charge in [-0.05, 0) is 62.9 Å². The summed E-state index contributed by atoms with van der Waals surface area (Å²) in [5, 5.41) is 4.24. The van der Waals surface area contributed by atoms with Crippen molar-refractivity contribution in [1.29, 1.82) is 0 Å². The van der Waals surface area contributed by atoms with E-state index in [9.17, 15) is 0 Å². The molecule has 0 bridgehead atoms.